The summed E-state index contributed by atoms with van der Waals surface area (Å²) in [5, 5.41) is 0. The first-order valence-corrected chi connectivity index (χ1v) is 5.96. The third-order valence-electron chi connectivity index (χ3n) is 3.20. The molecule has 3 heteroatoms. The Hall–Kier alpha value is -1.43. The summed E-state index contributed by atoms with van der Waals surface area (Å²) in [6, 6.07) is 12.4. The van der Waals surface area contributed by atoms with E-state index in [0.29, 0.717) is 0 Å². The Morgan fingerprint density at radius 1 is 0.941 bits per heavy atom. The van der Waals surface area contributed by atoms with E-state index in [-0.39, 0.29) is 0 Å². The van der Waals surface area contributed by atoms with E-state index in [1.807, 2.05) is 12.1 Å². The van der Waals surface area contributed by atoms with Crippen LogP contribution >= 0.6 is 0 Å². The molecule has 17 heavy (non-hydrogen) atoms. The lowest BCUT2D eigenvalue weighted by Gasteiger charge is -2.05. The van der Waals surface area contributed by atoms with Crippen molar-refractivity contribution in [2.45, 2.75) is 6.42 Å². The fourth-order valence-electron chi connectivity index (χ4n) is 2.36. The van der Waals surface area contributed by atoms with E-state index in [2.05, 4.69) is 40.9 Å². The Kier molecular flexibility index (Phi) is 2.59. The molecule has 0 unspecified atom stereocenters. The van der Waals surface area contributed by atoms with Crippen LogP contribution in [-0.2, 0) is 6.42 Å². The van der Waals surface area contributed by atoms with Crippen molar-refractivity contribution in [2.24, 2.45) is 0 Å². The molecule has 3 rings (SSSR count). The van der Waals surface area contributed by atoms with E-state index < -0.39 is 0 Å². The number of ether oxygens (including phenoxy) is 1. The van der Waals surface area contributed by atoms with Gasteiger partial charge in [-0.25, -0.2) is 0 Å². The van der Waals surface area contributed by atoms with Crippen LogP contribution in [0.1, 0.15) is 11.1 Å². The summed E-state index contributed by atoms with van der Waals surface area (Å²) in [7, 11) is 1.70. The van der Waals surface area contributed by atoms with Crippen molar-refractivity contribution in [1.29, 1.82) is 0 Å². The van der Waals surface area contributed by atoms with Crippen LogP contribution in [0.5, 0.6) is 11.5 Å². The van der Waals surface area contributed by atoms with Crippen LogP contribution in [0.4, 0.5) is 0 Å². The summed E-state index contributed by atoms with van der Waals surface area (Å²) in [6.07, 6.45) is 0.948. The van der Waals surface area contributed by atoms with Crippen molar-refractivity contribution in [2.75, 3.05) is 7.11 Å². The molecule has 1 aliphatic rings. The van der Waals surface area contributed by atoms with Crippen LogP contribution in [0.25, 0.3) is 11.1 Å². The van der Waals surface area contributed by atoms with Gasteiger partial charge < -0.3 is 8.53 Å². The molecule has 0 amide bonds. The summed E-state index contributed by atoms with van der Waals surface area (Å²) in [4.78, 5) is 0. The minimum absolute atomic E-state index is 0.883. The highest BCUT2D eigenvalue weighted by Crippen LogP contribution is 2.39. The van der Waals surface area contributed by atoms with Gasteiger partial charge in [0.2, 0.25) is 0 Å². The molecular formula is C14H11AlO2. The summed E-state index contributed by atoms with van der Waals surface area (Å²) in [6.45, 7) is 0. The van der Waals surface area contributed by atoms with E-state index in [9.17, 15) is 0 Å². The molecule has 2 nitrogen and oxygen atoms in total. The molecule has 82 valence electrons. The van der Waals surface area contributed by atoms with Gasteiger partial charge in [-0.15, -0.1) is 0 Å². The molecule has 0 bridgehead atoms. The molecule has 2 aromatic rings. The van der Waals surface area contributed by atoms with E-state index in [4.69, 9.17) is 8.53 Å². The predicted molar refractivity (Wildman–Crippen MR) is 67.6 cm³/mol. The third kappa shape index (κ3) is 1.72. The number of hydrogen-bond acceptors (Lipinski definition) is 2. The number of methoxy groups -OCH3 is 1. The molecule has 0 aromatic heterocycles. The molecule has 0 N–H and O–H groups in total. The molecule has 2 radical (unpaired) electrons. The summed E-state index contributed by atoms with van der Waals surface area (Å²) in [5.41, 5.74) is 5.23. The van der Waals surface area contributed by atoms with E-state index in [1.54, 1.807) is 7.11 Å². The topological polar surface area (TPSA) is 18.5 Å². The number of rotatable bonds is 2. The van der Waals surface area contributed by atoms with E-state index >= 15 is 0 Å². The molecule has 0 atom stereocenters. The van der Waals surface area contributed by atoms with Crippen LogP contribution in [0.3, 0.4) is 0 Å². The maximum atomic E-state index is 5.26. The van der Waals surface area contributed by atoms with Gasteiger partial charge >= 0.3 is 16.6 Å². The smallest absolute Gasteiger partial charge is 0.482 e. The van der Waals surface area contributed by atoms with Crippen LogP contribution in [0.2, 0.25) is 0 Å². The van der Waals surface area contributed by atoms with Gasteiger partial charge in [0.25, 0.3) is 0 Å². The SMILES string of the molecule is COc1ccc2c(c1)Cc1cc([O][Al])ccc1-2. The first-order valence-electron chi connectivity index (χ1n) is 5.49. The van der Waals surface area contributed by atoms with Gasteiger partial charge in [0.15, 0.2) is 0 Å². The largest absolute Gasteiger partial charge is 0.654 e. The van der Waals surface area contributed by atoms with Crippen molar-refractivity contribution in [1.82, 2.24) is 0 Å². The van der Waals surface area contributed by atoms with Gasteiger partial charge in [0.1, 0.15) is 5.75 Å². The maximum absolute atomic E-state index is 5.26. The van der Waals surface area contributed by atoms with Gasteiger partial charge in [-0.3, -0.25) is 0 Å². The summed E-state index contributed by atoms with van der Waals surface area (Å²) in [5.74, 6) is 1.80. The second kappa shape index (κ2) is 4.10. The second-order valence-electron chi connectivity index (χ2n) is 4.14. The Bertz CT molecular complexity index is 527. The highest BCUT2D eigenvalue weighted by atomic mass is 27.1. The Morgan fingerprint density at radius 3 is 2.12 bits per heavy atom. The van der Waals surface area contributed by atoms with Gasteiger partial charge in [-0.05, 0) is 52.9 Å². The first kappa shape index (κ1) is 10.7. The second-order valence-corrected chi connectivity index (χ2v) is 4.37. The Labute approximate surface area is 109 Å². The van der Waals surface area contributed by atoms with Crippen LogP contribution in [0, 0.1) is 0 Å². The quantitative estimate of drug-likeness (QED) is 0.639. The number of fused-ring (bicyclic) bond motifs is 3. The van der Waals surface area contributed by atoms with Crippen molar-refractivity contribution in [3.63, 3.8) is 0 Å². The molecular weight excluding hydrogens is 227 g/mol. The lowest BCUT2D eigenvalue weighted by atomic mass is 10.1. The molecule has 0 saturated heterocycles. The normalized spacial score (nSPS) is 11.8. The minimum atomic E-state index is 0.883. The molecule has 0 saturated carbocycles. The average molecular weight is 238 g/mol. The molecule has 1 aliphatic carbocycles. The zero-order valence-electron chi connectivity index (χ0n) is 9.57. The number of hydrogen-bond donors (Lipinski definition) is 0. The number of benzene rings is 2. The highest BCUT2D eigenvalue weighted by molar-refractivity contribution is 6.00. The van der Waals surface area contributed by atoms with Crippen LogP contribution < -0.4 is 8.53 Å². The fourth-order valence-corrected chi connectivity index (χ4v) is 2.51. The molecule has 0 heterocycles. The zero-order chi connectivity index (χ0) is 11.8. The molecule has 2 aromatic carbocycles. The Morgan fingerprint density at radius 2 is 1.53 bits per heavy atom. The molecule has 0 spiro atoms. The molecule has 0 aliphatic heterocycles. The lowest BCUT2D eigenvalue weighted by molar-refractivity contribution is 0.414. The van der Waals surface area contributed by atoms with Crippen molar-refractivity contribution >= 4 is 16.6 Å². The van der Waals surface area contributed by atoms with Gasteiger partial charge in [-0.1, -0.05) is 12.1 Å². The summed E-state index contributed by atoms with van der Waals surface area (Å²) < 4.78 is 10.4. The monoisotopic (exact) mass is 238 g/mol. The average Bonchev–Trinajstić information content (AvgIpc) is 2.74. The van der Waals surface area contributed by atoms with Crippen LogP contribution in [0.15, 0.2) is 36.4 Å². The fraction of sp³-hybridized carbons (Fsp3) is 0.143. The zero-order valence-corrected chi connectivity index (χ0v) is 10.7. The first-order chi connectivity index (χ1) is 8.31. The highest BCUT2D eigenvalue weighted by Gasteiger charge is 2.18. The van der Waals surface area contributed by atoms with Gasteiger partial charge in [-0.2, -0.15) is 0 Å². The van der Waals surface area contributed by atoms with Crippen LogP contribution in [-0.4, -0.2) is 23.7 Å². The van der Waals surface area contributed by atoms with Crippen molar-refractivity contribution < 1.29 is 8.53 Å². The van der Waals surface area contributed by atoms with E-state index in [0.717, 1.165) is 17.9 Å². The third-order valence-corrected chi connectivity index (χ3v) is 3.47. The lowest BCUT2D eigenvalue weighted by Crippen LogP contribution is -1.87. The standard InChI is InChI=1S/C14H12O2.Al/c1-16-12-3-5-14-10(8-12)6-9-7-11(15)2-4-13(9)14;/h2-5,7-8,15H,6H2,1H3;/q;+1/p-1. The molecule has 0 fully saturated rings. The van der Waals surface area contributed by atoms with Crippen molar-refractivity contribution in [3.05, 3.63) is 47.5 Å². The maximum Gasteiger partial charge on any atom is 0.482 e. The minimum Gasteiger partial charge on any atom is -0.654 e. The van der Waals surface area contributed by atoms with E-state index in [1.165, 1.54) is 22.3 Å². The van der Waals surface area contributed by atoms with Gasteiger partial charge in [0, 0.05) is 0 Å². The Balaban J connectivity index is 2.10. The van der Waals surface area contributed by atoms with Gasteiger partial charge in [0.05, 0.1) is 12.9 Å². The van der Waals surface area contributed by atoms with Crippen molar-refractivity contribution in [3.8, 4) is 22.6 Å². The predicted octanol–water partition coefficient (Wildman–Crippen LogP) is 2.73. The summed E-state index contributed by atoms with van der Waals surface area (Å²) >= 11 is 2.28.